The zero-order chi connectivity index (χ0) is 26.0. The van der Waals surface area contributed by atoms with Crippen LogP contribution in [-0.4, -0.2) is 16.9 Å². The third-order valence-corrected chi connectivity index (χ3v) is 8.39. The Hall–Kier alpha value is -3.86. The number of pyridine rings is 1. The van der Waals surface area contributed by atoms with Gasteiger partial charge in [-0.2, -0.15) is 0 Å². The summed E-state index contributed by atoms with van der Waals surface area (Å²) in [5.41, 5.74) is 4.70. The first-order valence-corrected chi connectivity index (χ1v) is 13.9. The van der Waals surface area contributed by atoms with Crippen molar-refractivity contribution in [2.75, 3.05) is 12.4 Å². The minimum Gasteiger partial charge on any atom is -0.375 e. The molecule has 190 valence electrons. The molecule has 4 aromatic carbocycles. The van der Waals surface area contributed by atoms with Gasteiger partial charge in [0.25, 0.3) is 5.56 Å². The van der Waals surface area contributed by atoms with Crippen LogP contribution in [0, 0.1) is 0 Å². The average Bonchev–Trinajstić information content (AvgIpc) is 2.99. The Morgan fingerprint density at radius 2 is 1.11 bits per heavy atom. The van der Waals surface area contributed by atoms with Crippen molar-refractivity contribution in [3.8, 4) is 0 Å². The molecule has 0 aliphatic carbocycles. The summed E-state index contributed by atoms with van der Waals surface area (Å²) in [4.78, 5) is 12.9. The minimum absolute atomic E-state index is 0.0221. The Balaban J connectivity index is 1.52. The van der Waals surface area contributed by atoms with Crippen molar-refractivity contribution in [2.45, 2.75) is 17.4 Å². The monoisotopic (exact) mass is 517 g/mol. The van der Waals surface area contributed by atoms with E-state index in [-0.39, 0.29) is 11.6 Å². The maximum absolute atomic E-state index is 12.9. The molecule has 5 rings (SSSR count). The van der Waals surface area contributed by atoms with Gasteiger partial charge in [-0.1, -0.05) is 127 Å². The van der Waals surface area contributed by atoms with Crippen LogP contribution in [0.15, 0.2) is 151 Å². The fraction of sp³-hybridized carbons (Fsp3) is 0.147. The van der Waals surface area contributed by atoms with Gasteiger partial charge in [-0.05, 0) is 28.3 Å². The second kappa shape index (κ2) is 12.6. The van der Waals surface area contributed by atoms with Gasteiger partial charge in [0, 0.05) is 18.0 Å². The van der Waals surface area contributed by atoms with Crippen molar-refractivity contribution in [1.82, 2.24) is 4.57 Å². The molecule has 1 unspecified atom stereocenters. The maximum Gasteiger partial charge on any atom is 0.250 e. The molecule has 1 heterocycles. The molecule has 0 fully saturated rings. The normalized spacial score (nSPS) is 12.2. The van der Waals surface area contributed by atoms with E-state index in [4.69, 9.17) is 4.74 Å². The molecule has 1 atom stereocenters. The van der Waals surface area contributed by atoms with Crippen molar-refractivity contribution in [1.29, 1.82) is 0 Å². The lowest BCUT2D eigenvalue weighted by Gasteiger charge is -2.36. The molecule has 3 nitrogen and oxygen atoms in total. The van der Waals surface area contributed by atoms with Crippen LogP contribution < -0.4 is 5.56 Å². The fourth-order valence-electron chi connectivity index (χ4n) is 4.83. The molecule has 0 bridgehead atoms. The Labute approximate surface area is 228 Å². The van der Waals surface area contributed by atoms with E-state index in [1.807, 2.05) is 46.8 Å². The summed E-state index contributed by atoms with van der Waals surface area (Å²) < 4.78 is 7.55. The molecule has 0 aliphatic heterocycles. The van der Waals surface area contributed by atoms with Crippen LogP contribution in [0.5, 0.6) is 0 Å². The van der Waals surface area contributed by atoms with Gasteiger partial charge in [-0.3, -0.25) is 4.79 Å². The molecule has 4 heteroatoms. The van der Waals surface area contributed by atoms with Crippen LogP contribution >= 0.6 is 11.8 Å². The van der Waals surface area contributed by atoms with Crippen molar-refractivity contribution in [3.63, 3.8) is 0 Å². The van der Waals surface area contributed by atoms with Crippen LogP contribution in [0.3, 0.4) is 0 Å². The molecule has 0 radical (unpaired) electrons. The van der Waals surface area contributed by atoms with Gasteiger partial charge in [-0.15, -0.1) is 11.8 Å². The lowest BCUT2D eigenvalue weighted by atomic mass is 9.84. The van der Waals surface area contributed by atoms with Crippen molar-refractivity contribution in [3.05, 3.63) is 178 Å². The Bertz CT molecular complexity index is 1360. The lowest BCUT2D eigenvalue weighted by molar-refractivity contribution is 0.0950. The summed E-state index contributed by atoms with van der Waals surface area (Å²) in [6.45, 7) is 0.936. The highest BCUT2D eigenvalue weighted by Gasteiger charge is 2.37. The summed E-state index contributed by atoms with van der Waals surface area (Å²) in [6.07, 6.45) is 1.87. The molecule has 0 spiro atoms. The molecule has 38 heavy (non-hydrogen) atoms. The number of ether oxygens (including phenoxy) is 1. The minimum atomic E-state index is -0.458. The zero-order valence-corrected chi connectivity index (χ0v) is 22.0. The van der Waals surface area contributed by atoms with Crippen LogP contribution in [0.4, 0.5) is 0 Å². The van der Waals surface area contributed by atoms with E-state index in [1.165, 1.54) is 16.7 Å². The van der Waals surface area contributed by atoms with Crippen LogP contribution in [0.1, 0.15) is 28.3 Å². The quantitative estimate of drug-likeness (QED) is 0.172. The summed E-state index contributed by atoms with van der Waals surface area (Å²) >= 11 is 1.85. The number of nitrogens with zero attached hydrogens (tertiary/aromatic N) is 1. The fourth-order valence-corrected chi connectivity index (χ4v) is 6.43. The highest BCUT2D eigenvalue weighted by Crippen LogP contribution is 2.49. The van der Waals surface area contributed by atoms with E-state index >= 15 is 0 Å². The van der Waals surface area contributed by atoms with E-state index < -0.39 is 4.75 Å². The maximum atomic E-state index is 12.9. The average molecular weight is 518 g/mol. The predicted octanol–water partition coefficient (Wildman–Crippen LogP) is 7.33. The predicted molar refractivity (Wildman–Crippen MR) is 158 cm³/mol. The number of hydrogen-bond acceptors (Lipinski definition) is 3. The third kappa shape index (κ3) is 5.83. The number of benzene rings is 4. The number of rotatable bonds is 11. The topological polar surface area (TPSA) is 31.2 Å². The first-order chi connectivity index (χ1) is 18.8. The summed E-state index contributed by atoms with van der Waals surface area (Å²) in [7, 11) is 0. The molecular formula is C34H31NO2S. The first-order valence-electron chi connectivity index (χ1n) is 12.9. The van der Waals surface area contributed by atoms with Crippen LogP contribution in [-0.2, 0) is 16.1 Å². The Morgan fingerprint density at radius 3 is 1.61 bits per heavy atom. The van der Waals surface area contributed by atoms with E-state index in [9.17, 15) is 4.79 Å². The van der Waals surface area contributed by atoms with Gasteiger partial charge in [0.15, 0.2) is 0 Å². The molecule has 0 aliphatic rings. The van der Waals surface area contributed by atoms with Gasteiger partial charge < -0.3 is 9.30 Å². The number of hydrogen-bond donors (Lipinski definition) is 0. The molecule has 0 saturated carbocycles. The lowest BCUT2D eigenvalue weighted by Crippen LogP contribution is -2.32. The van der Waals surface area contributed by atoms with E-state index in [0.717, 1.165) is 5.56 Å². The summed E-state index contributed by atoms with van der Waals surface area (Å²) in [5.74, 6) is 0.678. The van der Waals surface area contributed by atoms with Gasteiger partial charge in [-0.25, -0.2) is 0 Å². The van der Waals surface area contributed by atoms with E-state index in [2.05, 4.69) is 103 Å². The zero-order valence-electron chi connectivity index (χ0n) is 21.2. The second-order valence-corrected chi connectivity index (χ2v) is 10.4. The Morgan fingerprint density at radius 1 is 0.632 bits per heavy atom. The highest BCUT2D eigenvalue weighted by atomic mass is 32.2. The number of thioether (sulfide) groups is 1. The van der Waals surface area contributed by atoms with Gasteiger partial charge >= 0.3 is 0 Å². The van der Waals surface area contributed by atoms with Gasteiger partial charge in [0.05, 0.1) is 24.0 Å². The largest absolute Gasteiger partial charge is 0.375 e. The standard InChI is InChI=1S/C34H31NO2S/c36-33-23-13-14-24-35(33)32(26-37-25-28-15-5-1-6-16-28)27-38-34(29-17-7-2-8-18-29,30-19-9-3-10-20-30)31-21-11-4-12-22-31/h1-24,32H,25-27H2. The Kier molecular flexibility index (Phi) is 8.54. The molecule has 5 aromatic rings. The number of aromatic nitrogens is 1. The molecule has 1 aromatic heterocycles. The van der Waals surface area contributed by atoms with Gasteiger partial charge in [0.1, 0.15) is 0 Å². The SMILES string of the molecule is O=c1ccccn1C(COCc1ccccc1)CSC(c1ccccc1)(c1ccccc1)c1ccccc1. The summed E-state index contributed by atoms with van der Waals surface area (Å²) in [5, 5.41) is 0. The van der Waals surface area contributed by atoms with Crippen molar-refractivity contribution >= 4 is 11.8 Å². The van der Waals surface area contributed by atoms with E-state index in [0.29, 0.717) is 19.0 Å². The molecule has 0 saturated heterocycles. The highest BCUT2D eigenvalue weighted by molar-refractivity contribution is 8.00. The van der Waals surface area contributed by atoms with Crippen LogP contribution in [0.2, 0.25) is 0 Å². The van der Waals surface area contributed by atoms with E-state index in [1.54, 1.807) is 12.1 Å². The molecular weight excluding hydrogens is 486 g/mol. The molecule has 0 N–H and O–H groups in total. The van der Waals surface area contributed by atoms with Crippen molar-refractivity contribution in [2.24, 2.45) is 0 Å². The second-order valence-electron chi connectivity index (χ2n) is 9.19. The molecule has 0 amide bonds. The third-order valence-electron chi connectivity index (χ3n) is 6.70. The first kappa shape index (κ1) is 25.8. The smallest absolute Gasteiger partial charge is 0.250 e. The van der Waals surface area contributed by atoms with Gasteiger partial charge in [0.2, 0.25) is 0 Å². The van der Waals surface area contributed by atoms with Crippen molar-refractivity contribution < 1.29 is 4.74 Å². The summed E-state index contributed by atoms with van der Waals surface area (Å²) in [6, 6.07) is 47.2. The van der Waals surface area contributed by atoms with Crippen LogP contribution in [0.25, 0.3) is 0 Å².